The number of aromatic amines is 1. The average molecular weight is 357 g/mol. The lowest BCUT2D eigenvalue weighted by molar-refractivity contribution is 0.0705. The lowest BCUT2D eigenvalue weighted by Crippen LogP contribution is -2.47. The Kier molecular flexibility index (Phi) is 4.73. The summed E-state index contributed by atoms with van der Waals surface area (Å²) < 4.78 is 5.40. The SMILES string of the molecule is O=C(NC1CCCCCN(C(=O)c2cn[nH]c2)C1)c1coc(C2CC2)n1. The van der Waals surface area contributed by atoms with Crippen molar-refractivity contribution >= 4 is 11.8 Å². The van der Waals surface area contributed by atoms with Crippen LogP contribution in [0.2, 0.25) is 0 Å². The number of likely N-dealkylation sites (tertiary alicyclic amines) is 1. The Labute approximate surface area is 151 Å². The van der Waals surface area contributed by atoms with Crippen molar-refractivity contribution in [1.29, 1.82) is 0 Å². The predicted molar refractivity (Wildman–Crippen MR) is 92.7 cm³/mol. The fourth-order valence-electron chi connectivity index (χ4n) is 3.34. The van der Waals surface area contributed by atoms with Crippen LogP contribution in [0.4, 0.5) is 0 Å². The number of rotatable bonds is 4. The van der Waals surface area contributed by atoms with Gasteiger partial charge >= 0.3 is 0 Å². The van der Waals surface area contributed by atoms with Crippen molar-refractivity contribution in [3.8, 4) is 0 Å². The summed E-state index contributed by atoms with van der Waals surface area (Å²) in [6, 6.07) is -0.0975. The summed E-state index contributed by atoms with van der Waals surface area (Å²) in [6.07, 6.45) is 10.6. The van der Waals surface area contributed by atoms with Crippen molar-refractivity contribution < 1.29 is 14.0 Å². The van der Waals surface area contributed by atoms with Crippen LogP contribution in [0, 0.1) is 0 Å². The summed E-state index contributed by atoms with van der Waals surface area (Å²) in [5.74, 6) is 0.741. The van der Waals surface area contributed by atoms with Crippen molar-refractivity contribution in [2.24, 2.45) is 0 Å². The Hall–Kier alpha value is -2.64. The highest BCUT2D eigenvalue weighted by Gasteiger charge is 2.30. The first-order chi connectivity index (χ1) is 12.7. The third-order valence-electron chi connectivity index (χ3n) is 4.97. The minimum Gasteiger partial charge on any atom is -0.448 e. The molecule has 1 unspecified atom stereocenters. The molecule has 2 fully saturated rings. The van der Waals surface area contributed by atoms with Gasteiger partial charge in [0, 0.05) is 31.2 Å². The molecule has 2 aliphatic rings. The van der Waals surface area contributed by atoms with Crippen LogP contribution in [0.15, 0.2) is 23.1 Å². The lowest BCUT2D eigenvalue weighted by atomic mass is 10.0. The zero-order chi connectivity index (χ0) is 17.9. The Balaban J connectivity index is 1.41. The maximum atomic E-state index is 12.6. The summed E-state index contributed by atoms with van der Waals surface area (Å²) in [5.41, 5.74) is 0.864. The molecule has 2 N–H and O–H groups in total. The van der Waals surface area contributed by atoms with Gasteiger partial charge in [0.25, 0.3) is 11.8 Å². The first-order valence-electron chi connectivity index (χ1n) is 9.25. The molecule has 0 spiro atoms. The number of carbonyl (C=O) groups excluding carboxylic acids is 2. The number of oxazole rings is 1. The van der Waals surface area contributed by atoms with E-state index in [1.54, 1.807) is 11.1 Å². The summed E-state index contributed by atoms with van der Waals surface area (Å²) in [7, 11) is 0. The van der Waals surface area contributed by atoms with E-state index in [1.165, 1.54) is 12.5 Å². The largest absolute Gasteiger partial charge is 0.448 e. The topological polar surface area (TPSA) is 104 Å². The molecule has 1 saturated carbocycles. The van der Waals surface area contributed by atoms with Gasteiger partial charge in [0.15, 0.2) is 11.6 Å². The number of nitrogens with zero attached hydrogens (tertiary/aromatic N) is 3. The number of carbonyl (C=O) groups is 2. The quantitative estimate of drug-likeness (QED) is 0.872. The summed E-state index contributed by atoms with van der Waals surface area (Å²) >= 11 is 0. The second-order valence-electron chi connectivity index (χ2n) is 7.10. The third-order valence-corrected chi connectivity index (χ3v) is 4.97. The van der Waals surface area contributed by atoms with Crippen LogP contribution in [-0.4, -0.2) is 51.0 Å². The fourth-order valence-corrected chi connectivity index (χ4v) is 3.34. The molecule has 1 saturated heterocycles. The van der Waals surface area contributed by atoms with Crippen molar-refractivity contribution in [2.45, 2.75) is 50.5 Å². The molecule has 138 valence electrons. The Morgan fingerprint density at radius 1 is 1.23 bits per heavy atom. The van der Waals surface area contributed by atoms with E-state index in [9.17, 15) is 9.59 Å². The van der Waals surface area contributed by atoms with Gasteiger partial charge in [-0.3, -0.25) is 14.7 Å². The number of aromatic nitrogens is 3. The molecule has 0 aromatic carbocycles. The number of hydrogen-bond donors (Lipinski definition) is 2. The van der Waals surface area contributed by atoms with Gasteiger partial charge in [-0.2, -0.15) is 5.10 Å². The van der Waals surface area contributed by atoms with Crippen LogP contribution in [0.1, 0.15) is 71.2 Å². The molecule has 8 nitrogen and oxygen atoms in total. The zero-order valence-corrected chi connectivity index (χ0v) is 14.6. The monoisotopic (exact) mass is 357 g/mol. The van der Waals surface area contributed by atoms with Crippen LogP contribution in [0.25, 0.3) is 0 Å². The maximum absolute atomic E-state index is 12.6. The van der Waals surface area contributed by atoms with E-state index in [-0.39, 0.29) is 17.9 Å². The summed E-state index contributed by atoms with van der Waals surface area (Å²) in [6.45, 7) is 1.18. The van der Waals surface area contributed by atoms with Crippen LogP contribution in [-0.2, 0) is 0 Å². The van der Waals surface area contributed by atoms with Gasteiger partial charge in [0.05, 0.1) is 11.8 Å². The van der Waals surface area contributed by atoms with Crippen molar-refractivity contribution in [3.63, 3.8) is 0 Å². The first kappa shape index (κ1) is 16.8. The zero-order valence-electron chi connectivity index (χ0n) is 14.6. The number of amides is 2. The average Bonchev–Trinajstić information content (AvgIpc) is 3.12. The smallest absolute Gasteiger partial charge is 0.273 e. The normalized spacial score (nSPS) is 21.1. The minimum absolute atomic E-state index is 0.0580. The molecule has 2 aromatic rings. The molecule has 1 aliphatic carbocycles. The first-order valence-corrected chi connectivity index (χ1v) is 9.25. The molecular formula is C18H23N5O3. The van der Waals surface area contributed by atoms with Crippen LogP contribution in [0.3, 0.4) is 0 Å². The molecule has 0 radical (unpaired) electrons. The molecule has 0 bridgehead atoms. The summed E-state index contributed by atoms with van der Waals surface area (Å²) in [4.78, 5) is 31.3. The van der Waals surface area contributed by atoms with E-state index in [2.05, 4.69) is 20.5 Å². The van der Waals surface area contributed by atoms with Crippen molar-refractivity contribution in [2.75, 3.05) is 13.1 Å². The van der Waals surface area contributed by atoms with E-state index in [0.717, 1.165) is 38.5 Å². The van der Waals surface area contributed by atoms with Gasteiger partial charge in [0.1, 0.15) is 6.26 Å². The molecule has 26 heavy (non-hydrogen) atoms. The molecule has 2 amide bonds. The van der Waals surface area contributed by atoms with Gasteiger partial charge in [0.2, 0.25) is 0 Å². The van der Waals surface area contributed by atoms with E-state index in [1.807, 2.05) is 0 Å². The van der Waals surface area contributed by atoms with Gasteiger partial charge < -0.3 is 14.6 Å². The van der Waals surface area contributed by atoms with Gasteiger partial charge in [-0.05, 0) is 25.7 Å². The fraction of sp³-hybridized carbons (Fsp3) is 0.556. The number of H-pyrrole nitrogens is 1. The number of nitrogens with one attached hydrogen (secondary N) is 2. The molecular weight excluding hydrogens is 334 g/mol. The van der Waals surface area contributed by atoms with Crippen molar-refractivity contribution in [3.05, 3.63) is 35.8 Å². The molecule has 2 aromatic heterocycles. The minimum atomic E-state index is -0.234. The highest BCUT2D eigenvalue weighted by molar-refractivity contribution is 5.94. The third kappa shape index (κ3) is 3.79. The van der Waals surface area contributed by atoms with E-state index >= 15 is 0 Å². The van der Waals surface area contributed by atoms with Gasteiger partial charge in [-0.1, -0.05) is 12.8 Å². The molecule has 4 rings (SSSR count). The highest BCUT2D eigenvalue weighted by Crippen LogP contribution is 2.39. The van der Waals surface area contributed by atoms with Crippen LogP contribution < -0.4 is 5.32 Å². The standard InChI is InChI=1S/C18H23N5O3/c24-16(15-11-26-17(22-15)12-5-6-12)21-14-4-2-1-3-7-23(10-14)18(25)13-8-19-20-9-13/h8-9,11-12,14H,1-7,10H2,(H,19,20)(H,21,24). The van der Waals surface area contributed by atoms with Crippen molar-refractivity contribution in [1.82, 2.24) is 25.4 Å². The van der Waals surface area contributed by atoms with E-state index < -0.39 is 0 Å². The Morgan fingerprint density at radius 3 is 2.88 bits per heavy atom. The molecule has 8 heteroatoms. The highest BCUT2D eigenvalue weighted by atomic mass is 16.3. The van der Waals surface area contributed by atoms with Gasteiger partial charge in [-0.15, -0.1) is 0 Å². The maximum Gasteiger partial charge on any atom is 0.273 e. The molecule has 1 atom stereocenters. The summed E-state index contributed by atoms with van der Waals surface area (Å²) in [5, 5.41) is 9.55. The van der Waals surface area contributed by atoms with Crippen LogP contribution >= 0.6 is 0 Å². The second-order valence-corrected chi connectivity index (χ2v) is 7.10. The molecule has 1 aliphatic heterocycles. The van der Waals surface area contributed by atoms with E-state index in [4.69, 9.17) is 4.42 Å². The molecule has 3 heterocycles. The number of hydrogen-bond acceptors (Lipinski definition) is 5. The van der Waals surface area contributed by atoms with E-state index in [0.29, 0.717) is 36.2 Å². The Bertz CT molecular complexity index is 766. The van der Waals surface area contributed by atoms with Crippen LogP contribution in [0.5, 0.6) is 0 Å². The van der Waals surface area contributed by atoms with Gasteiger partial charge in [-0.25, -0.2) is 4.98 Å². The predicted octanol–water partition coefficient (Wildman–Crippen LogP) is 2.09. The lowest BCUT2D eigenvalue weighted by Gasteiger charge is -2.30. The second kappa shape index (κ2) is 7.31. The Morgan fingerprint density at radius 2 is 2.12 bits per heavy atom.